The van der Waals surface area contributed by atoms with Gasteiger partial charge >= 0.3 is 15.2 Å². The van der Waals surface area contributed by atoms with Crippen LogP contribution in [0.5, 0.6) is 0 Å². The van der Waals surface area contributed by atoms with Crippen LogP contribution in [0.4, 0.5) is 0 Å². The van der Waals surface area contributed by atoms with Gasteiger partial charge in [0.05, 0.1) is 6.26 Å². The summed E-state index contributed by atoms with van der Waals surface area (Å²) in [6.07, 6.45) is 0.547. The summed E-state index contributed by atoms with van der Waals surface area (Å²) in [7, 11) is -12.1. The first kappa shape index (κ1) is 16.2. The van der Waals surface area contributed by atoms with Crippen molar-refractivity contribution in [3.8, 4) is 0 Å². The lowest BCUT2D eigenvalue weighted by Crippen LogP contribution is -2.19. The number of hydrogen-bond donors (Lipinski definition) is 2. The van der Waals surface area contributed by atoms with Gasteiger partial charge in [-0.05, 0) is 0 Å². The Morgan fingerprint density at radius 2 is 1.50 bits per heavy atom. The normalized spacial score (nSPS) is 16.1. The van der Waals surface area contributed by atoms with Crippen molar-refractivity contribution >= 4 is 25.3 Å². The largest absolute Gasteiger partial charge is 0.372 e. The molecule has 0 aromatic heterocycles. The van der Waals surface area contributed by atoms with E-state index in [1.165, 1.54) is 0 Å². The Morgan fingerprint density at radius 1 is 1.12 bits per heavy atom. The SMILES string of the molecule is COP(=O)(OC)C(OS(C)(=O)=O)P(=O)(O)O. The fourth-order valence-electron chi connectivity index (χ4n) is 0.704. The fourth-order valence-corrected chi connectivity index (χ4v) is 5.37. The third kappa shape index (κ3) is 4.60. The molecule has 2 N–H and O–H groups in total. The first-order valence-electron chi connectivity index (χ1n) is 3.61. The van der Waals surface area contributed by atoms with Gasteiger partial charge in [0.25, 0.3) is 15.7 Å². The number of rotatable bonds is 6. The van der Waals surface area contributed by atoms with Crippen LogP contribution in [-0.2, 0) is 32.5 Å². The highest BCUT2D eigenvalue weighted by atomic mass is 32.2. The predicted molar refractivity (Wildman–Crippen MR) is 53.4 cm³/mol. The van der Waals surface area contributed by atoms with E-state index >= 15 is 0 Å². The van der Waals surface area contributed by atoms with Crippen LogP contribution in [0.15, 0.2) is 0 Å². The van der Waals surface area contributed by atoms with E-state index in [0.29, 0.717) is 6.26 Å². The topological polar surface area (TPSA) is 136 Å². The Balaban J connectivity index is 5.45. The van der Waals surface area contributed by atoms with Crippen molar-refractivity contribution in [2.75, 3.05) is 20.5 Å². The van der Waals surface area contributed by atoms with Crippen molar-refractivity contribution in [3.63, 3.8) is 0 Å². The summed E-state index contributed by atoms with van der Waals surface area (Å²) in [5.41, 5.74) is -2.51. The lowest BCUT2D eigenvalue weighted by molar-refractivity contribution is 0.207. The van der Waals surface area contributed by atoms with E-state index in [0.717, 1.165) is 14.2 Å². The van der Waals surface area contributed by atoms with Crippen molar-refractivity contribution in [1.29, 1.82) is 0 Å². The van der Waals surface area contributed by atoms with Gasteiger partial charge in [0.15, 0.2) is 0 Å². The molecule has 1 atom stereocenters. The van der Waals surface area contributed by atoms with Gasteiger partial charge in [0.1, 0.15) is 0 Å². The average molecular weight is 298 g/mol. The molecule has 12 heteroatoms. The minimum atomic E-state index is -5.14. The van der Waals surface area contributed by atoms with Gasteiger partial charge in [-0.3, -0.25) is 9.13 Å². The molecule has 1 unspecified atom stereocenters. The van der Waals surface area contributed by atoms with Crippen molar-refractivity contribution in [2.24, 2.45) is 0 Å². The zero-order valence-corrected chi connectivity index (χ0v) is 11.2. The third-order valence-electron chi connectivity index (χ3n) is 1.33. The summed E-state index contributed by atoms with van der Waals surface area (Å²) in [4.78, 5) is 17.7. The lowest BCUT2D eigenvalue weighted by Gasteiger charge is -2.23. The van der Waals surface area contributed by atoms with E-state index in [1.54, 1.807) is 0 Å². The Hall–Kier alpha value is 0.210. The molecule has 98 valence electrons. The zero-order chi connectivity index (χ0) is 13.2. The van der Waals surface area contributed by atoms with Crippen LogP contribution in [0.1, 0.15) is 0 Å². The molecular weight excluding hydrogens is 286 g/mol. The molecule has 16 heavy (non-hydrogen) atoms. The third-order valence-corrected chi connectivity index (χ3v) is 6.25. The summed E-state index contributed by atoms with van der Waals surface area (Å²) < 4.78 is 56.7. The molecule has 0 fully saturated rings. The average Bonchev–Trinajstić information content (AvgIpc) is 2.10. The second-order valence-corrected chi connectivity index (χ2v) is 8.55. The summed E-state index contributed by atoms with van der Waals surface area (Å²) in [6, 6.07) is 0. The highest BCUT2D eigenvalue weighted by Gasteiger charge is 2.50. The molecule has 0 heterocycles. The second-order valence-electron chi connectivity index (χ2n) is 2.62. The van der Waals surface area contributed by atoms with Crippen LogP contribution in [-0.4, -0.2) is 44.3 Å². The summed E-state index contributed by atoms with van der Waals surface area (Å²) in [6.45, 7) is 0. The van der Waals surface area contributed by atoms with Crippen LogP contribution in [0.3, 0.4) is 0 Å². The van der Waals surface area contributed by atoms with E-state index in [1.807, 2.05) is 0 Å². The Labute approximate surface area is 92.5 Å². The molecule has 0 rings (SSSR count). The molecule has 0 aliphatic carbocycles. The maximum Gasteiger partial charge on any atom is 0.372 e. The molecule has 9 nitrogen and oxygen atoms in total. The first-order valence-corrected chi connectivity index (χ1v) is 8.72. The van der Waals surface area contributed by atoms with Gasteiger partial charge in [0.2, 0.25) is 0 Å². The zero-order valence-electron chi connectivity index (χ0n) is 8.63. The summed E-state index contributed by atoms with van der Waals surface area (Å²) >= 11 is 0. The Morgan fingerprint density at radius 3 is 1.69 bits per heavy atom. The van der Waals surface area contributed by atoms with Crippen molar-refractivity contribution in [2.45, 2.75) is 5.59 Å². The quantitative estimate of drug-likeness (QED) is 0.509. The summed E-state index contributed by atoms with van der Waals surface area (Å²) in [5, 5.41) is 0. The molecule has 0 aliphatic rings. The van der Waals surface area contributed by atoms with Crippen molar-refractivity contribution in [3.05, 3.63) is 0 Å². The molecule has 0 spiro atoms. The fraction of sp³-hybridized carbons (Fsp3) is 1.00. The first-order chi connectivity index (χ1) is 6.96. The summed E-state index contributed by atoms with van der Waals surface area (Å²) in [5.74, 6) is 0. The highest BCUT2D eigenvalue weighted by Crippen LogP contribution is 2.65. The van der Waals surface area contributed by atoms with Gasteiger partial charge in [-0.1, -0.05) is 0 Å². The second kappa shape index (κ2) is 5.24. The lowest BCUT2D eigenvalue weighted by atomic mass is 11.7. The molecule has 0 saturated heterocycles. The molecule has 0 radical (unpaired) electrons. The molecule has 0 aliphatic heterocycles. The monoisotopic (exact) mass is 298 g/mol. The highest BCUT2D eigenvalue weighted by molar-refractivity contribution is 7.87. The molecule has 0 aromatic rings. The van der Waals surface area contributed by atoms with Gasteiger partial charge in [-0.15, -0.1) is 0 Å². The van der Waals surface area contributed by atoms with E-state index in [-0.39, 0.29) is 0 Å². The Kier molecular flexibility index (Phi) is 5.31. The maximum atomic E-state index is 11.6. The van der Waals surface area contributed by atoms with E-state index < -0.39 is 30.9 Å². The number of hydrogen-bond acceptors (Lipinski definition) is 7. The van der Waals surface area contributed by atoms with Gasteiger partial charge in [-0.2, -0.15) is 8.42 Å². The van der Waals surface area contributed by atoms with Crippen LogP contribution in [0.25, 0.3) is 0 Å². The maximum absolute atomic E-state index is 11.6. The minimum absolute atomic E-state index is 0.547. The predicted octanol–water partition coefficient (Wildman–Crippen LogP) is -0.0902. The van der Waals surface area contributed by atoms with Crippen molar-refractivity contribution in [1.82, 2.24) is 0 Å². The van der Waals surface area contributed by atoms with E-state index in [4.69, 9.17) is 9.79 Å². The van der Waals surface area contributed by atoms with Crippen molar-refractivity contribution < 1.29 is 40.6 Å². The van der Waals surface area contributed by atoms with Crippen LogP contribution >= 0.6 is 15.2 Å². The Bertz CT molecular complexity index is 413. The van der Waals surface area contributed by atoms with E-state index in [2.05, 4.69) is 13.2 Å². The standard InChI is InChI=1S/C4H12O9P2S/c1-11-15(8,12-2)4(14(5,6)7)13-16(3,9)10/h4H,1-3H3,(H2,5,6,7). The molecule has 0 aromatic carbocycles. The van der Waals surface area contributed by atoms with Gasteiger partial charge in [0, 0.05) is 14.2 Å². The smallest absolute Gasteiger partial charge is 0.322 e. The molecule has 0 bridgehead atoms. The molecule has 0 amide bonds. The van der Waals surface area contributed by atoms with Gasteiger partial charge < -0.3 is 18.8 Å². The molecular formula is C4H12O9P2S. The van der Waals surface area contributed by atoms with E-state index in [9.17, 15) is 17.5 Å². The minimum Gasteiger partial charge on any atom is -0.322 e. The van der Waals surface area contributed by atoms with Crippen LogP contribution in [0.2, 0.25) is 0 Å². The van der Waals surface area contributed by atoms with Crippen LogP contribution < -0.4 is 0 Å². The van der Waals surface area contributed by atoms with Crippen LogP contribution in [0, 0.1) is 0 Å². The van der Waals surface area contributed by atoms with Gasteiger partial charge in [-0.25, -0.2) is 4.18 Å². The molecule has 0 saturated carbocycles.